The first kappa shape index (κ1) is 29.2. The molecule has 202 valence electrons. The van der Waals surface area contributed by atoms with Gasteiger partial charge in [0.05, 0.1) is 10.6 Å². The summed E-state index contributed by atoms with van der Waals surface area (Å²) in [6.45, 7) is 7.53. The normalized spacial score (nSPS) is 12.2. The van der Waals surface area contributed by atoms with E-state index in [1.54, 1.807) is 67.6 Å². The molecule has 0 aromatic heterocycles. The van der Waals surface area contributed by atoms with E-state index in [1.807, 2.05) is 26.8 Å². The topological polar surface area (TPSA) is 86.8 Å². The molecular weight excluding hydrogens is 522 g/mol. The Morgan fingerprint density at radius 1 is 0.921 bits per heavy atom. The van der Waals surface area contributed by atoms with Crippen molar-refractivity contribution in [3.63, 3.8) is 0 Å². The Hall–Kier alpha value is -3.36. The van der Waals surface area contributed by atoms with Crippen molar-refractivity contribution < 1.29 is 18.0 Å². The second-order valence-corrected chi connectivity index (χ2v) is 11.9. The SMILES string of the molecule is Cc1ccc(S(=O)(=O)N(CC(=O)N(Cc2cccc(Cl)c2)C(C)C(=O)NCC(C)C)c2ccccc2)cc1. The summed E-state index contributed by atoms with van der Waals surface area (Å²) in [5, 5.41) is 3.37. The standard InChI is InChI=1S/C29H34ClN3O4S/c1-21(2)18-31-29(35)23(4)32(19-24-9-8-10-25(30)17-24)28(34)20-33(26-11-6-5-7-12-26)38(36,37)27-15-13-22(3)14-16-27/h5-17,21,23H,18-20H2,1-4H3,(H,31,35). The zero-order chi connectivity index (χ0) is 27.9. The Kier molecular flexibility index (Phi) is 9.94. The van der Waals surface area contributed by atoms with Crippen LogP contribution in [0.5, 0.6) is 0 Å². The molecule has 3 rings (SSSR count). The molecule has 7 nitrogen and oxygen atoms in total. The lowest BCUT2D eigenvalue weighted by atomic mass is 10.1. The van der Waals surface area contributed by atoms with E-state index in [1.165, 1.54) is 17.0 Å². The van der Waals surface area contributed by atoms with Crippen LogP contribution in [0, 0.1) is 12.8 Å². The molecule has 0 saturated heterocycles. The molecule has 1 N–H and O–H groups in total. The number of carbonyl (C=O) groups excluding carboxylic acids is 2. The van der Waals surface area contributed by atoms with E-state index in [4.69, 9.17) is 11.6 Å². The number of halogens is 1. The molecular formula is C29H34ClN3O4S. The minimum absolute atomic E-state index is 0.0730. The van der Waals surface area contributed by atoms with Crippen molar-refractivity contribution in [1.82, 2.24) is 10.2 Å². The maximum absolute atomic E-state index is 13.8. The molecule has 1 atom stereocenters. The van der Waals surface area contributed by atoms with Gasteiger partial charge in [0.15, 0.2) is 0 Å². The molecule has 0 aliphatic heterocycles. The number of anilines is 1. The predicted molar refractivity (Wildman–Crippen MR) is 151 cm³/mol. The van der Waals surface area contributed by atoms with Gasteiger partial charge < -0.3 is 10.2 Å². The van der Waals surface area contributed by atoms with E-state index in [0.29, 0.717) is 17.3 Å². The van der Waals surface area contributed by atoms with Crippen LogP contribution in [0.3, 0.4) is 0 Å². The maximum Gasteiger partial charge on any atom is 0.264 e. The van der Waals surface area contributed by atoms with Crippen molar-refractivity contribution in [3.8, 4) is 0 Å². The van der Waals surface area contributed by atoms with Gasteiger partial charge in [-0.3, -0.25) is 13.9 Å². The molecule has 0 radical (unpaired) electrons. The molecule has 1 unspecified atom stereocenters. The van der Waals surface area contributed by atoms with E-state index in [9.17, 15) is 18.0 Å². The van der Waals surface area contributed by atoms with Gasteiger partial charge in [-0.15, -0.1) is 0 Å². The molecule has 0 saturated carbocycles. The quantitative estimate of drug-likeness (QED) is 0.359. The maximum atomic E-state index is 13.8. The molecule has 0 spiro atoms. The highest BCUT2D eigenvalue weighted by Crippen LogP contribution is 2.25. The van der Waals surface area contributed by atoms with E-state index < -0.39 is 28.5 Å². The molecule has 0 bridgehead atoms. The number of nitrogens with zero attached hydrogens (tertiary/aromatic N) is 2. The van der Waals surface area contributed by atoms with Crippen molar-refractivity contribution in [3.05, 3.63) is 95.0 Å². The number of hydrogen-bond donors (Lipinski definition) is 1. The van der Waals surface area contributed by atoms with Gasteiger partial charge in [0.2, 0.25) is 11.8 Å². The van der Waals surface area contributed by atoms with Crippen molar-refractivity contribution in [2.75, 3.05) is 17.4 Å². The van der Waals surface area contributed by atoms with Crippen molar-refractivity contribution in [2.24, 2.45) is 5.92 Å². The van der Waals surface area contributed by atoms with Crippen molar-refractivity contribution in [1.29, 1.82) is 0 Å². The minimum Gasteiger partial charge on any atom is -0.354 e. The number of para-hydroxylation sites is 1. The zero-order valence-electron chi connectivity index (χ0n) is 22.1. The van der Waals surface area contributed by atoms with Crippen LogP contribution in [0.15, 0.2) is 83.8 Å². The molecule has 38 heavy (non-hydrogen) atoms. The third kappa shape index (κ3) is 7.58. The molecule has 2 amide bonds. The fourth-order valence-electron chi connectivity index (χ4n) is 3.83. The van der Waals surface area contributed by atoms with Crippen LogP contribution in [0.4, 0.5) is 5.69 Å². The average molecular weight is 556 g/mol. The largest absolute Gasteiger partial charge is 0.354 e. The van der Waals surface area contributed by atoms with Crippen LogP contribution < -0.4 is 9.62 Å². The first-order valence-electron chi connectivity index (χ1n) is 12.4. The monoisotopic (exact) mass is 555 g/mol. The number of hydrogen-bond acceptors (Lipinski definition) is 4. The van der Waals surface area contributed by atoms with Crippen LogP contribution in [0.25, 0.3) is 0 Å². The highest BCUT2D eigenvalue weighted by molar-refractivity contribution is 7.92. The lowest BCUT2D eigenvalue weighted by Gasteiger charge is -2.32. The van der Waals surface area contributed by atoms with Gasteiger partial charge in [-0.2, -0.15) is 0 Å². The molecule has 0 heterocycles. The summed E-state index contributed by atoms with van der Waals surface area (Å²) >= 11 is 6.17. The Morgan fingerprint density at radius 2 is 1.58 bits per heavy atom. The van der Waals surface area contributed by atoms with Crippen LogP contribution in [0.2, 0.25) is 5.02 Å². The van der Waals surface area contributed by atoms with Gasteiger partial charge in [-0.1, -0.05) is 73.5 Å². The lowest BCUT2D eigenvalue weighted by molar-refractivity contribution is -0.139. The summed E-state index contributed by atoms with van der Waals surface area (Å²) in [6, 6.07) is 21.1. The summed E-state index contributed by atoms with van der Waals surface area (Å²) in [4.78, 5) is 28.3. The Labute approximate surface area is 230 Å². The number of benzene rings is 3. The molecule has 0 aliphatic carbocycles. The highest BCUT2D eigenvalue weighted by Gasteiger charge is 2.32. The predicted octanol–water partition coefficient (Wildman–Crippen LogP) is 5.03. The Balaban J connectivity index is 1.98. The number of nitrogens with one attached hydrogen (secondary N) is 1. The average Bonchev–Trinajstić information content (AvgIpc) is 2.89. The number of carbonyl (C=O) groups is 2. The Morgan fingerprint density at radius 3 is 2.18 bits per heavy atom. The lowest BCUT2D eigenvalue weighted by Crippen LogP contribution is -2.51. The van der Waals surface area contributed by atoms with Crippen LogP contribution in [0.1, 0.15) is 31.9 Å². The third-order valence-electron chi connectivity index (χ3n) is 6.03. The van der Waals surface area contributed by atoms with E-state index in [2.05, 4.69) is 5.32 Å². The van der Waals surface area contributed by atoms with Gasteiger partial charge in [0.1, 0.15) is 12.6 Å². The highest BCUT2D eigenvalue weighted by atomic mass is 35.5. The first-order valence-corrected chi connectivity index (χ1v) is 14.3. The Bertz CT molecular complexity index is 1350. The van der Waals surface area contributed by atoms with Gasteiger partial charge >= 0.3 is 0 Å². The van der Waals surface area contributed by atoms with E-state index in [-0.39, 0.29) is 23.3 Å². The zero-order valence-corrected chi connectivity index (χ0v) is 23.7. The summed E-state index contributed by atoms with van der Waals surface area (Å²) in [5.74, 6) is -0.602. The number of rotatable bonds is 11. The van der Waals surface area contributed by atoms with Gasteiger partial charge in [-0.05, 0) is 61.7 Å². The second kappa shape index (κ2) is 12.9. The van der Waals surface area contributed by atoms with Gasteiger partial charge in [-0.25, -0.2) is 8.42 Å². The van der Waals surface area contributed by atoms with Crippen LogP contribution in [-0.4, -0.2) is 44.3 Å². The molecule has 3 aromatic rings. The van der Waals surface area contributed by atoms with Crippen molar-refractivity contribution in [2.45, 2.75) is 45.2 Å². The number of amides is 2. The summed E-state index contributed by atoms with van der Waals surface area (Å²) in [6.07, 6.45) is 0. The van der Waals surface area contributed by atoms with Crippen molar-refractivity contribution >= 4 is 39.1 Å². The summed E-state index contributed by atoms with van der Waals surface area (Å²) in [7, 11) is -4.08. The first-order chi connectivity index (χ1) is 18.0. The molecule has 0 aliphatic rings. The minimum atomic E-state index is -4.08. The van der Waals surface area contributed by atoms with Crippen LogP contribution in [-0.2, 0) is 26.2 Å². The fraction of sp³-hybridized carbons (Fsp3) is 0.310. The molecule has 9 heteroatoms. The molecule has 0 fully saturated rings. The molecule has 3 aromatic carbocycles. The third-order valence-corrected chi connectivity index (χ3v) is 8.05. The van der Waals surface area contributed by atoms with Gasteiger partial charge in [0, 0.05) is 18.1 Å². The van der Waals surface area contributed by atoms with E-state index >= 15 is 0 Å². The van der Waals surface area contributed by atoms with Gasteiger partial charge in [0.25, 0.3) is 10.0 Å². The van der Waals surface area contributed by atoms with E-state index in [0.717, 1.165) is 15.4 Å². The van der Waals surface area contributed by atoms with Crippen LogP contribution >= 0.6 is 11.6 Å². The number of sulfonamides is 1. The smallest absolute Gasteiger partial charge is 0.264 e. The fourth-order valence-corrected chi connectivity index (χ4v) is 5.45. The summed E-state index contributed by atoms with van der Waals surface area (Å²) in [5.41, 5.74) is 1.99. The number of aryl methyl sites for hydroxylation is 1. The summed E-state index contributed by atoms with van der Waals surface area (Å²) < 4.78 is 28.6. The second-order valence-electron chi connectivity index (χ2n) is 9.63.